The molecule has 0 aliphatic carbocycles. The van der Waals surface area contributed by atoms with E-state index in [4.69, 9.17) is 0 Å². The molecule has 1 saturated heterocycles. The molecule has 3 rings (SSSR count). The summed E-state index contributed by atoms with van der Waals surface area (Å²) in [5.74, 6) is 0.778. The van der Waals surface area contributed by atoms with Gasteiger partial charge in [0.1, 0.15) is 5.82 Å². The molecule has 24 heavy (non-hydrogen) atoms. The SMILES string of the molecule is CCN1CCN(c2ccc(C(=O)Nc3ccccc3Br)cn2)CC1. The van der Waals surface area contributed by atoms with Crippen LogP contribution in [0.1, 0.15) is 17.3 Å². The fourth-order valence-corrected chi connectivity index (χ4v) is 3.14. The Morgan fingerprint density at radius 1 is 1.17 bits per heavy atom. The van der Waals surface area contributed by atoms with Gasteiger partial charge in [0.2, 0.25) is 0 Å². The highest BCUT2D eigenvalue weighted by molar-refractivity contribution is 9.10. The molecule has 1 amide bonds. The molecule has 0 saturated carbocycles. The van der Waals surface area contributed by atoms with Gasteiger partial charge in [-0.05, 0) is 46.7 Å². The molecule has 2 heterocycles. The van der Waals surface area contributed by atoms with Crippen LogP contribution < -0.4 is 10.2 Å². The van der Waals surface area contributed by atoms with Crippen molar-refractivity contribution >= 4 is 33.3 Å². The zero-order valence-corrected chi connectivity index (χ0v) is 15.3. The summed E-state index contributed by atoms with van der Waals surface area (Å²) in [5, 5.41) is 2.89. The molecular formula is C18H21BrN4O. The molecule has 1 aromatic heterocycles. The van der Waals surface area contributed by atoms with Crippen LogP contribution in [-0.4, -0.2) is 48.5 Å². The average Bonchev–Trinajstić information content (AvgIpc) is 2.64. The van der Waals surface area contributed by atoms with E-state index >= 15 is 0 Å². The second kappa shape index (κ2) is 7.77. The first-order valence-electron chi connectivity index (χ1n) is 8.16. The number of aromatic nitrogens is 1. The van der Waals surface area contributed by atoms with Crippen molar-refractivity contribution in [3.8, 4) is 0 Å². The zero-order valence-electron chi connectivity index (χ0n) is 13.7. The maximum Gasteiger partial charge on any atom is 0.257 e. The molecule has 0 spiro atoms. The van der Waals surface area contributed by atoms with Crippen LogP contribution in [0.4, 0.5) is 11.5 Å². The molecule has 2 aromatic rings. The zero-order chi connectivity index (χ0) is 16.9. The minimum absolute atomic E-state index is 0.156. The van der Waals surface area contributed by atoms with E-state index in [1.165, 1.54) is 0 Å². The second-order valence-electron chi connectivity index (χ2n) is 5.76. The predicted molar refractivity (Wildman–Crippen MR) is 101 cm³/mol. The summed E-state index contributed by atoms with van der Waals surface area (Å²) in [7, 11) is 0. The van der Waals surface area contributed by atoms with Crippen LogP contribution in [-0.2, 0) is 0 Å². The number of piperazine rings is 1. The van der Waals surface area contributed by atoms with Crippen molar-refractivity contribution in [3.63, 3.8) is 0 Å². The summed E-state index contributed by atoms with van der Waals surface area (Å²) in [6.45, 7) is 7.35. The van der Waals surface area contributed by atoms with Crippen molar-refractivity contribution in [2.45, 2.75) is 6.92 Å². The smallest absolute Gasteiger partial charge is 0.257 e. The van der Waals surface area contributed by atoms with Gasteiger partial charge in [0.05, 0.1) is 11.3 Å². The highest BCUT2D eigenvalue weighted by Crippen LogP contribution is 2.22. The van der Waals surface area contributed by atoms with E-state index in [2.05, 4.69) is 43.0 Å². The number of nitrogens with zero attached hydrogens (tertiary/aromatic N) is 3. The fourth-order valence-electron chi connectivity index (χ4n) is 2.76. The van der Waals surface area contributed by atoms with Gasteiger partial charge in [-0.2, -0.15) is 0 Å². The van der Waals surface area contributed by atoms with Crippen molar-refractivity contribution < 1.29 is 4.79 Å². The molecule has 1 fully saturated rings. The first kappa shape index (κ1) is 16.9. The van der Waals surface area contributed by atoms with Gasteiger partial charge in [-0.15, -0.1) is 0 Å². The molecule has 1 aromatic carbocycles. The normalized spacial score (nSPS) is 15.3. The Hall–Kier alpha value is -1.92. The first-order valence-corrected chi connectivity index (χ1v) is 8.96. The number of para-hydroxylation sites is 1. The molecule has 5 nitrogen and oxygen atoms in total. The Labute approximate surface area is 150 Å². The summed E-state index contributed by atoms with van der Waals surface area (Å²) in [5.41, 5.74) is 1.31. The van der Waals surface area contributed by atoms with Gasteiger partial charge in [0, 0.05) is 36.8 Å². The fraction of sp³-hybridized carbons (Fsp3) is 0.333. The maximum absolute atomic E-state index is 12.3. The van der Waals surface area contributed by atoms with E-state index in [9.17, 15) is 4.79 Å². The molecule has 6 heteroatoms. The summed E-state index contributed by atoms with van der Waals surface area (Å²) < 4.78 is 0.858. The number of nitrogens with one attached hydrogen (secondary N) is 1. The molecule has 0 bridgehead atoms. The number of pyridine rings is 1. The highest BCUT2D eigenvalue weighted by atomic mass is 79.9. The van der Waals surface area contributed by atoms with Crippen LogP contribution in [0.5, 0.6) is 0 Å². The van der Waals surface area contributed by atoms with Crippen molar-refractivity contribution in [3.05, 3.63) is 52.6 Å². The van der Waals surface area contributed by atoms with E-state index in [1.54, 1.807) is 6.20 Å². The standard InChI is InChI=1S/C18H21BrN4O/c1-2-22-9-11-23(12-10-22)17-8-7-14(13-20-17)18(24)21-16-6-4-3-5-15(16)19/h3-8,13H,2,9-12H2,1H3,(H,21,24). The highest BCUT2D eigenvalue weighted by Gasteiger charge is 2.17. The number of amides is 1. The lowest BCUT2D eigenvalue weighted by molar-refractivity contribution is 0.102. The number of hydrogen-bond acceptors (Lipinski definition) is 4. The number of carbonyl (C=O) groups is 1. The van der Waals surface area contributed by atoms with Gasteiger partial charge >= 0.3 is 0 Å². The van der Waals surface area contributed by atoms with Gasteiger partial charge < -0.3 is 15.1 Å². The molecule has 1 aliphatic heterocycles. The number of rotatable bonds is 4. The van der Waals surface area contributed by atoms with E-state index in [-0.39, 0.29) is 5.91 Å². The molecule has 1 aliphatic rings. The number of carbonyl (C=O) groups excluding carboxylic acids is 1. The quantitative estimate of drug-likeness (QED) is 0.873. The average molecular weight is 389 g/mol. The number of benzene rings is 1. The Morgan fingerprint density at radius 2 is 1.92 bits per heavy atom. The molecule has 0 atom stereocenters. The van der Waals surface area contributed by atoms with Crippen molar-refractivity contribution in [2.75, 3.05) is 42.9 Å². The van der Waals surface area contributed by atoms with Crippen molar-refractivity contribution in [2.24, 2.45) is 0 Å². The second-order valence-corrected chi connectivity index (χ2v) is 6.61. The van der Waals surface area contributed by atoms with Crippen LogP contribution in [0.25, 0.3) is 0 Å². The summed E-state index contributed by atoms with van der Waals surface area (Å²) >= 11 is 3.43. The van der Waals surface area contributed by atoms with Crippen LogP contribution in [0.2, 0.25) is 0 Å². The van der Waals surface area contributed by atoms with Crippen LogP contribution in [0.3, 0.4) is 0 Å². The lowest BCUT2D eigenvalue weighted by atomic mass is 10.2. The molecule has 0 unspecified atom stereocenters. The number of hydrogen-bond donors (Lipinski definition) is 1. The predicted octanol–water partition coefficient (Wildman–Crippen LogP) is 3.24. The summed E-state index contributed by atoms with van der Waals surface area (Å²) in [6, 6.07) is 11.3. The first-order chi connectivity index (χ1) is 11.7. The maximum atomic E-state index is 12.3. The van der Waals surface area contributed by atoms with E-state index in [1.807, 2.05) is 36.4 Å². The number of likely N-dealkylation sites (N-methyl/N-ethyl adjacent to an activating group) is 1. The van der Waals surface area contributed by atoms with Gasteiger partial charge in [-0.3, -0.25) is 4.79 Å². The van der Waals surface area contributed by atoms with Gasteiger partial charge in [0.15, 0.2) is 0 Å². The summed E-state index contributed by atoms with van der Waals surface area (Å²) in [6.07, 6.45) is 1.65. The third-order valence-electron chi connectivity index (χ3n) is 4.28. The van der Waals surface area contributed by atoms with Crippen molar-refractivity contribution in [1.82, 2.24) is 9.88 Å². The van der Waals surface area contributed by atoms with Crippen LogP contribution in [0, 0.1) is 0 Å². The van der Waals surface area contributed by atoms with Gasteiger partial charge in [-0.25, -0.2) is 4.98 Å². The summed E-state index contributed by atoms with van der Waals surface area (Å²) in [4.78, 5) is 21.5. The number of halogens is 1. The van der Waals surface area contributed by atoms with Gasteiger partial charge in [0.25, 0.3) is 5.91 Å². The molecule has 0 radical (unpaired) electrons. The molecular weight excluding hydrogens is 368 g/mol. The largest absolute Gasteiger partial charge is 0.354 e. The Morgan fingerprint density at radius 3 is 2.54 bits per heavy atom. The Kier molecular flexibility index (Phi) is 5.48. The third kappa shape index (κ3) is 3.94. The lowest BCUT2D eigenvalue weighted by Crippen LogP contribution is -2.46. The Bertz CT molecular complexity index is 696. The minimum atomic E-state index is -0.156. The monoisotopic (exact) mass is 388 g/mol. The van der Waals surface area contributed by atoms with Crippen molar-refractivity contribution in [1.29, 1.82) is 0 Å². The molecule has 126 valence electrons. The Balaban J connectivity index is 1.64. The van der Waals surface area contributed by atoms with Crippen LogP contribution >= 0.6 is 15.9 Å². The third-order valence-corrected chi connectivity index (χ3v) is 4.97. The van der Waals surface area contributed by atoms with Gasteiger partial charge in [-0.1, -0.05) is 19.1 Å². The van der Waals surface area contributed by atoms with E-state index < -0.39 is 0 Å². The lowest BCUT2D eigenvalue weighted by Gasteiger charge is -2.34. The van der Waals surface area contributed by atoms with Crippen LogP contribution in [0.15, 0.2) is 47.1 Å². The molecule has 1 N–H and O–H groups in total. The van der Waals surface area contributed by atoms with E-state index in [0.29, 0.717) is 5.56 Å². The topological polar surface area (TPSA) is 48.5 Å². The number of anilines is 2. The minimum Gasteiger partial charge on any atom is -0.354 e. The van der Waals surface area contributed by atoms with E-state index in [0.717, 1.165) is 48.7 Å².